The molecule has 0 radical (unpaired) electrons. The molecule has 4 aromatic rings. The van der Waals surface area contributed by atoms with Crippen molar-refractivity contribution in [1.82, 2.24) is 14.9 Å². The largest absolute Gasteiger partial charge is 0.342 e. The van der Waals surface area contributed by atoms with Gasteiger partial charge < -0.3 is 15.2 Å². The molecule has 31 heavy (non-hydrogen) atoms. The number of carbonyl (C=O) groups excluding carboxylic acids is 2. The highest BCUT2D eigenvalue weighted by atomic mass is 35.5. The molecule has 3 aromatic carbocycles. The van der Waals surface area contributed by atoms with Gasteiger partial charge in [0.15, 0.2) is 0 Å². The van der Waals surface area contributed by atoms with Crippen LogP contribution in [-0.4, -0.2) is 21.4 Å². The molecule has 7 heteroatoms. The van der Waals surface area contributed by atoms with E-state index in [0.717, 1.165) is 16.7 Å². The number of para-hydroxylation sites is 3. The van der Waals surface area contributed by atoms with Crippen molar-refractivity contribution in [3.8, 4) is 0 Å². The third kappa shape index (κ3) is 4.75. The van der Waals surface area contributed by atoms with Gasteiger partial charge in [-0.1, -0.05) is 41.9 Å². The molecule has 0 fully saturated rings. The zero-order valence-electron chi connectivity index (χ0n) is 16.9. The lowest BCUT2D eigenvalue weighted by Crippen LogP contribution is -2.30. The first kappa shape index (κ1) is 20.6. The van der Waals surface area contributed by atoms with E-state index in [-0.39, 0.29) is 18.4 Å². The number of halogens is 1. The van der Waals surface area contributed by atoms with Crippen molar-refractivity contribution in [3.05, 3.63) is 95.3 Å². The summed E-state index contributed by atoms with van der Waals surface area (Å²) >= 11 is 5.91. The summed E-state index contributed by atoms with van der Waals surface area (Å²) in [4.78, 5) is 30.1. The van der Waals surface area contributed by atoms with Gasteiger partial charge >= 0.3 is 0 Å². The Kier molecular flexibility index (Phi) is 6.00. The minimum absolute atomic E-state index is 0.0753. The van der Waals surface area contributed by atoms with E-state index >= 15 is 0 Å². The second-order valence-corrected chi connectivity index (χ2v) is 7.60. The van der Waals surface area contributed by atoms with E-state index in [1.54, 1.807) is 24.3 Å². The molecule has 1 heterocycles. The van der Waals surface area contributed by atoms with Crippen LogP contribution in [0.4, 0.5) is 5.69 Å². The zero-order valence-corrected chi connectivity index (χ0v) is 17.6. The van der Waals surface area contributed by atoms with Crippen LogP contribution in [0.1, 0.15) is 29.1 Å². The smallest absolute Gasteiger partial charge is 0.251 e. The monoisotopic (exact) mass is 432 g/mol. The molecule has 4 rings (SSSR count). The molecule has 0 saturated heterocycles. The number of hydrogen-bond donors (Lipinski definition) is 2. The molecule has 0 aliphatic carbocycles. The van der Waals surface area contributed by atoms with Gasteiger partial charge in [-0.2, -0.15) is 0 Å². The lowest BCUT2D eigenvalue weighted by Gasteiger charge is -2.16. The van der Waals surface area contributed by atoms with Crippen molar-refractivity contribution < 1.29 is 9.59 Å². The standard InChI is InChI=1S/C24H21ClN4O2/c1-16(26-24(31)17-11-13-18(25)14-12-17)23-28-20-9-5-6-10-21(20)29(23)15-22(30)27-19-7-3-2-4-8-19/h2-14,16H,15H2,1H3,(H,26,31)(H,27,30). The van der Waals surface area contributed by atoms with Gasteiger partial charge in [0.05, 0.1) is 17.1 Å². The number of anilines is 1. The molecular weight excluding hydrogens is 412 g/mol. The van der Waals surface area contributed by atoms with Crippen LogP contribution in [-0.2, 0) is 11.3 Å². The van der Waals surface area contributed by atoms with Crippen molar-refractivity contribution in [1.29, 1.82) is 0 Å². The Morgan fingerprint density at radius 3 is 2.39 bits per heavy atom. The predicted octanol–water partition coefficient (Wildman–Crippen LogP) is 4.82. The van der Waals surface area contributed by atoms with E-state index in [1.165, 1.54) is 0 Å². The molecule has 0 saturated carbocycles. The van der Waals surface area contributed by atoms with Gasteiger partial charge in [-0.25, -0.2) is 4.98 Å². The highest BCUT2D eigenvalue weighted by Crippen LogP contribution is 2.22. The second-order valence-electron chi connectivity index (χ2n) is 7.16. The van der Waals surface area contributed by atoms with Crippen molar-refractivity contribution in [2.45, 2.75) is 19.5 Å². The lowest BCUT2D eigenvalue weighted by atomic mass is 10.2. The van der Waals surface area contributed by atoms with E-state index < -0.39 is 6.04 Å². The summed E-state index contributed by atoms with van der Waals surface area (Å²) in [6.45, 7) is 1.92. The summed E-state index contributed by atoms with van der Waals surface area (Å²) in [5.41, 5.74) is 2.81. The number of aromatic nitrogens is 2. The lowest BCUT2D eigenvalue weighted by molar-refractivity contribution is -0.116. The normalized spacial score (nSPS) is 11.8. The van der Waals surface area contributed by atoms with Gasteiger partial charge in [0.25, 0.3) is 5.91 Å². The summed E-state index contributed by atoms with van der Waals surface area (Å²) in [7, 11) is 0. The predicted molar refractivity (Wildman–Crippen MR) is 122 cm³/mol. The second kappa shape index (κ2) is 9.02. The summed E-state index contributed by atoms with van der Waals surface area (Å²) in [6.07, 6.45) is 0. The van der Waals surface area contributed by atoms with Crippen molar-refractivity contribution in [3.63, 3.8) is 0 Å². The number of fused-ring (bicyclic) bond motifs is 1. The van der Waals surface area contributed by atoms with Crippen LogP contribution < -0.4 is 10.6 Å². The fourth-order valence-electron chi connectivity index (χ4n) is 3.40. The van der Waals surface area contributed by atoms with E-state index in [0.29, 0.717) is 16.4 Å². The van der Waals surface area contributed by atoms with Crippen molar-refractivity contribution >= 4 is 40.1 Å². The molecule has 6 nitrogen and oxygen atoms in total. The highest BCUT2D eigenvalue weighted by molar-refractivity contribution is 6.30. The third-order valence-corrected chi connectivity index (χ3v) is 5.14. The van der Waals surface area contributed by atoms with Crippen molar-refractivity contribution in [2.75, 3.05) is 5.32 Å². The highest BCUT2D eigenvalue weighted by Gasteiger charge is 2.20. The quantitative estimate of drug-likeness (QED) is 0.458. The number of hydrogen-bond acceptors (Lipinski definition) is 3. The average molecular weight is 433 g/mol. The number of amides is 2. The Hall–Kier alpha value is -3.64. The van der Waals surface area contributed by atoms with Crippen molar-refractivity contribution in [2.24, 2.45) is 0 Å². The number of nitrogens with zero attached hydrogens (tertiary/aromatic N) is 2. The van der Waals surface area contributed by atoms with Crippen LogP contribution in [0.5, 0.6) is 0 Å². The maximum atomic E-state index is 12.7. The first-order valence-corrected chi connectivity index (χ1v) is 10.3. The number of nitrogens with one attached hydrogen (secondary N) is 2. The average Bonchev–Trinajstić information content (AvgIpc) is 3.13. The van der Waals surface area contributed by atoms with Gasteiger partial charge in [-0.15, -0.1) is 0 Å². The van der Waals surface area contributed by atoms with E-state index in [9.17, 15) is 9.59 Å². The molecule has 1 unspecified atom stereocenters. The first-order valence-electron chi connectivity index (χ1n) is 9.88. The summed E-state index contributed by atoms with van der Waals surface area (Å²) in [5.74, 6) is 0.190. The Bertz CT molecular complexity index is 1220. The van der Waals surface area contributed by atoms with Gasteiger partial charge in [0, 0.05) is 16.3 Å². The third-order valence-electron chi connectivity index (χ3n) is 4.88. The molecule has 1 aromatic heterocycles. The summed E-state index contributed by atoms with van der Waals surface area (Å²) in [6, 6.07) is 23.1. The minimum Gasteiger partial charge on any atom is -0.342 e. The van der Waals surface area contributed by atoms with Crippen LogP contribution >= 0.6 is 11.6 Å². The number of carbonyl (C=O) groups is 2. The molecule has 0 bridgehead atoms. The Labute approximate surface area is 184 Å². The summed E-state index contributed by atoms with van der Waals surface area (Å²) < 4.78 is 1.83. The number of imidazole rings is 1. The molecule has 0 spiro atoms. The van der Waals surface area contributed by atoms with Crippen LogP contribution in [0.3, 0.4) is 0 Å². The van der Waals surface area contributed by atoms with Crippen LogP contribution in [0, 0.1) is 0 Å². The maximum Gasteiger partial charge on any atom is 0.251 e. The Balaban J connectivity index is 1.58. The number of rotatable bonds is 6. The van der Waals surface area contributed by atoms with Crippen LogP contribution in [0.15, 0.2) is 78.9 Å². The van der Waals surface area contributed by atoms with Gasteiger partial charge in [0.2, 0.25) is 5.91 Å². The molecular formula is C24H21ClN4O2. The maximum absolute atomic E-state index is 12.7. The fourth-order valence-corrected chi connectivity index (χ4v) is 3.53. The Morgan fingerprint density at radius 1 is 0.968 bits per heavy atom. The molecule has 2 N–H and O–H groups in total. The zero-order chi connectivity index (χ0) is 21.8. The summed E-state index contributed by atoms with van der Waals surface area (Å²) in [5, 5.41) is 6.42. The molecule has 2 amide bonds. The van der Waals surface area contributed by atoms with E-state index in [4.69, 9.17) is 11.6 Å². The van der Waals surface area contributed by atoms with E-state index in [2.05, 4.69) is 15.6 Å². The first-order chi connectivity index (χ1) is 15.0. The molecule has 156 valence electrons. The van der Waals surface area contributed by atoms with Crippen LogP contribution in [0.25, 0.3) is 11.0 Å². The van der Waals surface area contributed by atoms with Gasteiger partial charge in [-0.05, 0) is 55.5 Å². The number of benzene rings is 3. The fraction of sp³-hybridized carbons (Fsp3) is 0.125. The molecule has 0 aliphatic rings. The SMILES string of the molecule is CC(NC(=O)c1ccc(Cl)cc1)c1nc2ccccc2n1CC(=O)Nc1ccccc1. The molecule has 1 atom stereocenters. The topological polar surface area (TPSA) is 76.0 Å². The molecule has 0 aliphatic heterocycles. The van der Waals surface area contributed by atoms with E-state index in [1.807, 2.05) is 66.1 Å². The van der Waals surface area contributed by atoms with Crippen LogP contribution in [0.2, 0.25) is 5.02 Å². The van der Waals surface area contributed by atoms with Gasteiger partial charge in [0.1, 0.15) is 12.4 Å². The Morgan fingerprint density at radius 2 is 1.65 bits per heavy atom. The minimum atomic E-state index is -0.417. The van der Waals surface area contributed by atoms with Gasteiger partial charge in [-0.3, -0.25) is 9.59 Å².